The molecule has 2 heterocycles. The first-order chi connectivity index (χ1) is 17.0. The van der Waals surface area contributed by atoms with Gasteiger partial charge in [0, 0.05) is 49.5 Å². The molecule has 0 radical (unpaired) electrons. The fourth-order valence-corrected chi connectivity index (χ4v) is 5.35. The molecular formula is C28H29ClFN3O2. The minimum absolute atomic E-state index is 0.000859. The van der Waals surface area contributed by atoms with E-state index in [1.807, 2.05) is 24.3 Å². The highest BCUT2D eigenvalue weighted by Gasteiger charge is 2.41. The number of carbonyl (C=O) groups is 1. The standard InChI is InChI=1S/C28H29ClFN3O2/c1-35-24-10-7-21-14-25(28(34)31-16-20-3-2-4-23(30)13-20)27-18-32(11-12-33(27)26(21)15-24)17-19-5-8-22(29)9-6-19/h2-10,13,15,25,27H,11-12,14,16-18H2,1H3,(H,31,34)/t25-,27-/m1/s1. The lowest BCUT2D eigenvalue weighted by atomic mass is 9.83. The van der Waals surface area contributed by atoms with Gasteiger partial charge in [0.15, 0.2) is 0 Å². The number of hydrogen-bond donors (Lipinski definition) is 1. The number of amides is 1. The molecule has 35 heavy (non-hydrogen) atoms. The Balaban J connectivity index is 1.37. The molecule has 7 heteroatoms. The SMILES string of the molecule is COc1ccc2c(c1)N1CCN(Cc3ccc(Cl)cc3)C[C@@H]1[C@H](C(=O)NCc1cccc(F)c1)C2. The van der Waals surface area contributed by atoms with Crippen molar-refractivity contribution in [3.63, 3.8) is 0 Å². The minimum Gasteiger partial charge on any atom is -0.497 e. The van der Waals surface area contributed by atoms with Crippen LogP contribution in [0.25, 0.3) is 0 Å². The van der Waals surface area contributed by atoms with Gasteiger partial charge in [-0.3, -0.25) is 9.69 Å². The molecule has 0 aromatic heterocycles. The van der Waals surface area contributed by atoms with E-state index in [-0.39, 0.29) is 23.7 Å². The van der Waals surface area contributed by atoms with E-state index >= 15 is 0 Å². The topological polar surface area (TPSA) is 44.8 Å². The van der Waals surface area contributed by atoms with Gasteiger partial charge in [-0.05, 0) is 53.4 Å². The number of hydrogen-bond acceptors (Lipinski definition) is 4. The molecule has 5 nitrogen and oxygen atoms in total. The second-order valence-corrected chi connectivity index (χ2v) is 9.71. The molecule has 0 saturated carbocycles. The molecule has 3 aromatic carbocycles. The molecule has 0 bridgehead atoms. The largest absolute Gasteiger partial charge is 0.497 e. The summed E-state index contributed by atoms with van der Waals surface area (Å²) in [5.41, 5.74) is 4.26. The fourth-order valence-electron chi connectivity index (χ4n) is 5.22. The summed E-state index contributed by atoms with van der Waals surface area (Å²) < 4.78 is 19.1. The van der Waals surface area contributed by atoms with E-state index < -0.39 is 0 Å². The first-order valence-electron chi connectivity index (χ1n) is 11.9. The molecule has 0 aliphatic carbocycles. The first-order valence-corrected chi connectivity index (χ1v) is 12.3. The summed E-state index contributed by atoms with van der Waals surface area (Å²) in [7, 11) is 1.68. The van der Waals surface area contributed by atoms with Crippen LogP contribution in [-0.4, -0.2) is 43.6 Å². The third kappa shape index (κ3) is 5.29. The van der Waals surface area contributed by atoms with Crippen LogP contribution >= 0.6 is 11.6 Å². The van der Waals surface area contributed by atoms with Crippen molar-refractivity contribution in [3.8, 4) is 5.75 Å². The number of nitrogens with one attached hydrogen (secondary N) is 1. The maximum atomic E-state index is 13.6. The summed E-state index contributed by atoms with van der Waals surface area (Å²) in [5, 5.41) is 3.79. The zero-order valence-corrected chi connectivity index (χ0v) is 20.5. The third-order valence-corrected chi connectivity index (χ3v) is 7.27. The number of ether oxygens (including phenoxy) is 1. The number of methoxy groups -OCH3 is 1. The van der Waals surface area contributed by atoms with Crippen molar-refractivity contribution < 1.29 is 13.9 Å². The molecule has 2 aliphatic rings. The number of piperazine rings is 1. The average Bonchev–Trinajstić information content (AvgIpc) is 2.87. The molecule has 3 aromatic rings. The van der Waals surface area contributed by atoms with Crippen LogP contribution in [0.5, 0.6) is 5.75 Å². The number of halogens is 2. The van der Waals surface area contributed by atoms with Crippen LogP contribution in [0.1, 0.15) is 16.7 Å². The van der Waals surface area contributed by atoms with Crippen LogP contribution in [0.3, 0.4) is 0 Å². The lowest BCUT2D eigenvalue weighted by molar-refractivity contribution is -0.126. The summed E-state index contributed by atoms with van der Waals surface area (Å²) in [6, 6.07) is 20.4. The number of anilines is 1. The van der Waals surface area contributed by atoms with Crippen molar-refractivity contribution in [3.05, 3.63) is 94.3 Å². The first kappa shape index (κ1) is 23.6. The van der Waals surface area contributed by atoms with Gasteiger partial charge in [-0.2, -0.15) is 0 Å². The van der Waals surface area contributed by atoms with Gasteiger partial charge in [-0.1, -0.05) is 41.9 Å². The lowest BCUT2D eigenvalue weighted by Crippen LogP contribution is -2.60. The molecule has 2 atom stereocenters. The highest BCUT2D eigenvalue weighted by molar-refractivity contribution is 6.30. The second-order valence-electron chi connectivity index (χ2n) is 9.28. The molecule has 0 spiro atoms. The number of rotatable bonds is 6. The molecule has 1 N–H and O–H groups in total. The van der Waals surface area contributed by atoms with E-state index in [1.165, 1.54) is 17.7 Å². The highest BCUT2D eigenvalue weighted by Crippen LogP contribution is 2.38. The summed E-state index contributed by atoms with van der Waals surface area (Å²) in [6.07, 6.45) is 0.657. The number of fused-ring (bicyclic) bond motifs is 3. The number of carbonyl (C=O) groups excluding carboxylic acids is 1. The highest BCUT2D eigenvalue weighted by atomic mass is 35.5. The summed E-state index contributed by atoms with van der Waals surface area (Å²) in [4.78, 5) is 18.2. The van der Waals surface area contributed by atoms with Gasteiger partial charge in [0.05, 0.1) is 19.1 Å². The Morgan fingerprint density at radius 1 is 1.09 bits per heavy atom. The van der Waals surface area contributed by atoms with Gasteiger partial charge in [-0.15, -0.1) is 0 Å². The van der Waals surface area contributed by atoms with Gasteiger partial charge in [-0.25, -0.2) is 4.39 Å². The van der Waals surface area contributed by atoms with E-state index in [1.54, 1.807) is 13.2 Å². The number of benzene rings is 3. The van der Waals surface area contributed by atoms with Crippen LogP contribution in [0.4, 0.5) is 10.1 Å². The summed E-state index contributed by atoms with van der Waals surface area (Å²) in [5.74, 6) is 0.310. The van der Waals surface area contributed by atoms with Crippen molar-refractivity contribution in [2.45, 2.75) is 25.6 Å². The molecular weight excluding hydrogens is 465 g/mol. The molecule has 5 rings (SSSR count). The Bertz CT molecular complexity index is 1200. The van der Waals surface area contributed by atoms with Crippen LogP contribution in [0.2, 0.25) is 5.02 Å². The van der Waals surface area contributed by atoms with Crippen molar-refractivity contribution in [2.24, 2.45) is 5.92 Å². The van der Waals surface area contributed by atoms with Gasteiger partial charge in [0.25, 0.3) is 0 Å². The Morgan fingerprint density at radius 3 is 2.69 bits per heavy atom. The quantitative estimate of drug-likeness (QED) is 0.542. The van der Waals surface area contributed by atoms with E-state index in [4.69, 9.17) is 16.3 Å². The van der Waals surface area contributed by atoms with Gasteiger partial charge < -0.3 is 15.0 Å². The van der Waals surface area contributed by atoms with E-state index in [0.717, 1.165) is 53.8 Å². The minimum atomic E-state index is -0.298. The van der Waals surface area contributed by atoms with E-state index in [0.29, 0.717) is 13.0 Å². The third-order valence-electron chi connectivity index (χ3n) is 7.02. The monoisotopic (exact) mass is 493 g/mol. The van der Waals surface area contributed by atoms with E-state index in [2.05, 4.69) is 39.4 Å². The lowest BCUT2D eigenvalue weighted by Gasteiger charge is -2.49. The van der Waals surface area contributed by atoms with Crippen molar-refractivity contribution in [1.82, 2.24) is 10.2 Å². The van der Waals surface area contributed by atoms with Crippen LogP contribution in [0, 0.1) is 11.7 Å². The second kappa shape index (κ2) is 10.3. The van der Waals surface area contributed by atoms with Crippen LogP contribution in [-0.2, 0) is 24.3 Å². The van der Waals surface area contributed by atoms with Gasteiger partial charge in [0.1, 0.15) is 11.6 Å². The van der Waals surface area contributed by atoms with Crippen molar-refractivity contribution in [1.29, 1.82) is 0 Å². The Kier molecular flexibility index (Phi) is 6.93. The number of nitrogens with zero attached hydrogens (tertiary/aromatic N) is 2. The van der Waals surface area contributed by atoms with Crippen LogP contribution < -0.4 is 15.0 Å². The maximum Gasteiger partial charge on any atom is 0.225 e. The predicted octanol–water partition coefficient (Wildman–Crippen LogP) is 4.67. The Hall–Kier alpha value is -3.09. The molecule has 1 amide bonds. The summed E-state index contributed by atoms with van der Waals surface area (Å²) >= 11 is 6.06. The molecule has 0 unspecified atom stereocenters. The van der Waals surface area contributed by atoms with Crippen molar-refractivity contribution >= 4 is 23.2 Å². The van der Waals surface area contributed by atoms with Gasteiger partial charge in [0.2, 0.25) is 5.91 Å². The molecule has 1 fully saturated rings. The maximum absolute atomic E-state index is 13.6. The summed E-state index contributed by atoms with van der Waals surface area (Å²) in [6.45, 7) is 3.62. The normalized spacial score (nSPS) is 19.6. The molecule has 1 saturated heterocycles. The molecule has 2 aliphatic heterocycles. The van der Waals surface area contributed by atoms with E-state index in [9.17, 15) is 9.18 Å². The van der Waals surface area contributed by atoms with Crippen molar-refractivity contribution in [2.75, 3.05) is 31.6 Å². The zero-order valence-electron chi connectivity index (χ0n) is 19.7. The average molecular weight is 494 g/mol. The smallest absolute Gasteiger partial charge is 0.225 e. The predicted molar refractivity (Wildman–Crippen MR) is 136 cm³/mol. The van der Waals surface area contributed by atoms with Crippen LogP contribution in [0.15, 0.2) is 66.7 Å². The Morgan fingerprint density at radius 2 is 1.91 bits per heavy atom. The zero-order chi connectivity index (χ0) is 24.4. The molecule has 182 valence electrons. The Labute approximate surface area is 210 Å². The van der Waals surface area contributed by atoms with Gasteiger partial charge >= 0.3 is 0 Å². The fraction of sp³-hybridized carbons (Fsp3) is 0.321.